The van der Waals surface area contributed by atoms with Gasteiger partial charge in [-0.05, 0) is 77.2 Å². The summed E-state index contributed by atoms with van der Waals surface area (Å²) in [7, 11) is 2.03. The van der Waals surface area contributed by atoms with Crippen molar-refractivity contribution >= 4 is 22.7 Å². The highest BCUT2D eigenvalue weighted by atomic mass is 16.6. The van der Waals surface area contributed by atoms with Crippen LogP contribution in [0.4, 0.5) is 10.5 Å². The number of rotatable bonds is 10. The van der Waals surface area contributed by atoms with Crippen molar-refractivity contribution in [2.24, 2.45) is 0 Å². The number of aryl methyl sites for hydroxylation is 1. The minimum atomic E-state index is -0.462. The lowest BCUT2D eigenvalue weighted by Crippen LogP contribution is -2.33. The van der Waals surface area contributed by atoms with E-state index >= 15 is 0 Å². The molecule has 4 rings (SSSR count). The molecule has 194 valence electrons. The smallest absolute Gasteiger partial charge is 0.407 e. The molecule has 2 heterocycles. The Bertz CT molecular complexity index is 1280. The van der Waals surface area contributed by atoms with Crippen LogP contribution in [0.25, 0.3) is 10.9 Å². The Labute approximate surface area is 219 Å². The van der Waals surface area contributed by atoms with E-state index in [1.807, 2.05) is 33.0 Å². The summed E-state index contributed by atoms with van der Waals surface area (Å²) in [4.78, 5) is 25.4. The zero-order chi connectivity index (χ0) is 26.2. The SMILES string of the molecule is CCN(CC)C(=O)Oc1c(CN(C)CCCNc2c3c(nc4ccccc24)CCCC3)ccnc1C#N. The van der Waals surface area contributed by atoms with Gasteiger partial charge in [0.1, 0.15) is 6.07 Å². The first-order valence-electron chi connectivity index (χ1n) is 13.2. The van der Waals surface area contributed by atoms with Gasteiger partial charge in [-0.15, -0.1) is 0 Å². The van der Waals surface area contributed by atoms with Crippen LogP contribution in [0.5, 0.6) is 5.75 Å². The van der Waals surface area contributed by atoms with E-state index in [-0.39, 0.29) is 11.4 Å². The maximum absolute atomic E-state index is 12.6. The topological polar surface area (TPSA) is 94.4 Å². The van der Waals surface area contributed by atoms with Crippen LogP contribution in [0.1, 0.15) is 55.6 Å². The number of nitrogens with zero attached hydrogens (tertiary/aromatic N) is 5. The van der Waals surface area contributed by atoms with E-state index in [9.17, 15) is 10.1 Å². The summed E-state index contributed by atoms with van der Waals surface area (Å²) in [6, 6.07) is 12.3. The predicted molar refractivity (Wildman–Crippen MR) is 146 cm³/mol. The Hall–Kier alpha value is -3.70. The van der Waals surface area contributed by atoms with E-state index in [4.69, 9.17) is 9.72 Å². The van der Waals surface area contributed by atoms with Gasteiger partial charge >= 0.3 is 6.09 Å². The molecule has 0 saturated heterocycles. The molecule has 0 spiro atoms. The van der Waals surface area contributed by atoms with Crippen molar-refractivity contribution in [3.05, 3.63) is 59.0 Å². The van der Waals surface area contributed by atoms with E-state index in [0.29, 0.717) is 19.6 Å². The number of pyridine rings is 2. The van der Waals surface area contributed by atoms with Crippen LogP contribution in [0.3, 0.4) is 0 Å². The van der Waals surface area contributed by atoms with E-state index in [0.717, 1.165) is 43.4 Å². The average molecular weight is 501 g/mol. The maximum atomic E-state index is 12.6. The number of anilines is 1. The Kier molecular flexibility index (Phi) is 8.91. The number of carbonyl (C=O) groups excluding carboxylic acids is 1. The van der Waals surface area contributed by atoms with Crippen molar-refractivity contribution < 1.29 is 9.53 Å². The van der Waals surface area contributed by atoms with Gasteiger partial charge in [0.05, 0.1) is 5.52 Å². The number of nitriles is 1. The highest BCUT2D eigenvalue weighted by Gasteiger charge is 2.20. The lowest BCUT2D eigenvalue weighted by molar-refractivity contribution is 0.156. The molecule has 0 fully saturated rings. The molecule has 0 bridgehead atoms. The molecule has 0 radical (unpaired) electrons. The first-order valence-corrected chi connectivity index (χ1v) is 13.2. The van der Waals surface area contributed by atoms with E-state index < -0.39 is 6.09 Å². The summed E-state index contributed by atoms with van der Waals surface area (Å²) in [5.41, 5.74) is 5.81. The normalized spacial score (nSPS) is 12.7. The lowest BCUT2D eigenvalue weighted by Gasteiger charge is -2.23. The number of carbonyl (C=O) groups is 1. The number of hydrogen-bond acceptors (Lipinski definition) is 7. The van der Waals surface area contributed by atoms with Gasteiger partial charge in [-0.25, -0.2) is 9.78 Å². The van der Waals surface area contributed by atoms with Crippen LogP contribution >= 0.6 is 0 Å². The highest BCUT2D eigenvalue weighted by Crippen LogP contribution is 2.33. The lowest BCUT2D eigenvalue weighted by atomic mass is 9.92. The molecule has 8 nitrogen and oxygen atoms in total. The van der Waals surface area contributed by atoms with Crippen LogP contribution < -0.4 is 10.1 Å². The second kappa shape index (κ2) is 12.5. The molecule has 0 atom stereocenters. The van der Waals surface area contributed by atoms with Crippen LogP contribution in [0.2, 0.25) is 0 Å². The van der Waals surface area contributed by atoms with Gasteiger partial charge < -0.3 is 19.9 Å². The fourth-order valence-corrected chi connectivity index (χ4v) is 4.95. The van der Waals surface area contributed by atoms with Gasteiger partial charge in [-0.2, -0.15) is 5.26 Å². The minimum Gasteiger partial charge on any atom is -0.407 e. The number of aromatic nitrogens is 2. The van der Waals surface area contributed by atoms with E-state index in [2.05, 4.69) is 39.5 Å². The molecule has 37 heavy (non-hydrogen) atoms. The number of amides is 1. The molecule has 0 saturated carbocycles. The predicted octanol–water partition coefficient (Wildman–Crippen LogP) is 5.15. The third kappa shape index (κ3) is 6.17. The number of fused-ring (bicyclic) bond motifs is 2. The minimum absolute atomic E-state index is 0.127. The highest BCUT2D eigenvalue weighted by molar-refractivity contribution is 5.93. The Morgan fingerprint density at radius 3 is 2.73 bits per heavy atom. The van der Waals surface area contributed by atoms with Gasteiger partial charge in [0.2, 0.25) is 0 Å². The van der Waals surface area contributed by atoms with Gasteiger partial charge in [0.15, 0.2) is 11.4 Å². The van der Waals surface area contributed by atoms with Crippen molar-refractivity contribution in [2.45, 2.75) is 52.5 Å². The third-order valence-electron chi connectivity index (χ3n) is 6.93. The molecule has 8 heteroatoms. The number of benzene rings is 1. The van der Waals surface area contributed by atoms with Crippen molar-refractivity contribution in [3.8, 4) is 11.8 Å². The summed E-state index contributed by atoms with van der Waals surface area (Å²) < 4.78 is 5.65. The number of para-hydroxylation sites is 1. The van der Waals surface area contributed by atoms with Crippen molar-refractivity contribution in [2.75, 3.05) is 38.5 Å². The summed E-state index contributed by atoms with van der Waals surface area (Å²) in [5, 5.41) is 14.5. The van der Waals surface area contributed by atoms with Crippen LogP contribution in [-0.2, 0) is 19.4 Å². The van der Waals surface area contributed by atoms with Crippen LogP contribution in [-0.4, -0.2) is 59.1 Å². The van der Waals surface area contributed by atoms with Gasteiger partial charge in [0, 0.05) is 54.7 Å². The molecule has 3 aromatic rings. The molecular weight excluding hydrogens is 464 g/mol. The Morgan fingerprint density at radius 2 is 1.95 bits per heavy atom. The fourth-order valence-electron chi connectivity index (χ4n) is 4.95. The molecular formula is C29H36N6O2. The third-order valence-corrected chi connectivity index (χ3v) is 6.93. The molecule has 0 unspecified atom stereocenters. The molecule has 1 aliphatic rings. The van der Waals surface area contributed by atoms with E-state index in [1.165, 1.54) is 35.2 Å². The summed E-state index contributed by atoms with van der Waals surface area (Å²) >= 11 is 0. The van der Waals surface area contributed by atoms with Gasteiger partial charge in [-0.1, -0.05) is 18.2 Å². The van der Waals surface area contributed by atoms with Gasteiger partial charge in [-0.3, -0.25) is 4.98 Å². The Morgan fingerprint density at radius 1 is 1.16 bits per heavy atom. The number of ether oxygens (including phenoxy) is 1. The van der Waals surface area contributed by atoms with E-state index in [1.54, 1.807) is 11.1 Å². The summed E-state index contributed by atoms with van der Waals surface area (Å²) in [6.45, 7) is 7.09. The monoisotopic (exact) mass is 500 g/mol. The van der Waals surface area contributed by atoms with Crippen molar-refractivity contribution in [3.63, 3.8) is 0 Å². The van der Waals surface area contributed by atoms with Crippen LogP contribution in [0.15, 0.2) is 36.5 Å². The molecule has 1 aromatic carbocycles. The summed E-state index contributed by atoms with van der Waals surface area (Å²) in [6.07, 6.45) is 6.61. The Balaban J connectivity index is 1.40. The second-order valence-electron chi connectivity index (χ2n) is 9.45. The van der Waals surface area contributed by atoms with Gasteiger partial charge in [0.25, 0.3) is 0 Å². The zero-order valence-corrected chi connectivity index (χ0v) is 22.1. The average Bonchev–Trinajstić information content (AvgIpc) is 2.92. The van der Waals surface area contributed by atoms with Crippen molar-refractivity contribution in [1.29, 1.82) is 5.26 Å². The molecule has 1 aliphatic carbocycles. The fraction of sp³-hybridized carbons (Fsp3) is 0.448. The zero-order valence-electron chi connectivity index (χ0n) is 22.1. The first kappa shape index (κ1) is 26.4. The molecule has 1 N–H and O–H groups in total. The number of nitrogens with one attached hydrogen (secondary N) is 1. The standard InChI is InChI=1S/C29H36N6O2/c1-4-35(5-2)29(36)37-28-21(15-17-31-26(28)19-30)20-34(3)18-10-16-32-27-22-11-6-8-13-24(22)33-25-14-9-7-12-23(25)27/h6,8,11,13,15,17H,4-5,7,9-10,12,14,16,18,20H2,1-3H3,(H,32,33). The molecule has 1 amide bonds. The number of hydrogen-bond donors (Lipinski definition) is 1. The largest absolute Gasteiger partial charge is 0.415 e. The molecule has 2 aromatic heterocycles. The second-order valence-corrected chi connectivity index (χ2v) is 9.45. The first-order chi connectivity index (χ1) is 18.0. The van der Waals surface area contributed by atoms with Crippen molar-refractivity contribution in [1.82, 2.24) is 19.8 Å². The summed E-state index contributed by atoms with van der Waals surface area (Å²) in [5.74, 6) is 0.252. The maximum Gasteiger partial charge on any atom is 0.415 e. The molecule has 0 aliphatic heterocycles. The quantitative estimate of drug-likeness (QED) is 0.385. The van der Waals surface area contributed by atoms with Crippen LogP contribution in [0, 0.1) is 11.3 Å².